The van der Waals surface area contributed by atoms with Gasteiger partial charge in [-0.1, -0.05) is 34.1 Å². The highest BCUT2D eigenvalue weighted by atomic mass is 79.9. The zero-order valence-electron chi connectivity index (χ0n) is 13.9. The Kier molecular flexibility index (Phi) is 5.56. The van der Waals surface area contributed by atoms with Crippen molar-refractivity contribution < 1.29 is 4.79 Å². The number of carbonyl (C=O) groups excluding carboxylic acids is 1. The van der Waals surface area contributed by atoms with Crippen molar-refractivity contribution in [3.8, 4) is 11.3 Å². The van der Waals surface area contributed by atoms with Gasteiger partial charge in [-0.3, -0.25) is 14.8 Å². The first-order valence-corrected chi connectivity index (χ1v) is 8.84. The van der Waals surface area contributed by atoms with E-state index >= 15 is 0 Å². The Morgan fingerprint density at radius 3 is 2.72 bits per heavy atom. The molecule has 4 nitrogen and oxygen atoms in total. The molecule has 3 rings (SSSR count). The summed E-state index contributed by atoms with van der Waals surface area (Å²) in [6.45, 7) is 2.40. The molecule has 0 saturated heterocycles. The third kappa shape index (κ3) is 4.51. The number of amides is 1. The highest BCUT2D eigenvalue weighted by Crippen LogP contribution is 2.22. The van der Waals surface area contributed by atoms with Crippen LogP contribution in [-0.2, 0) is 6.42 Å². The van der Waals surface area contributed by atoms with Crippen LogP contribution in [0.4, 0.5) is 0 Å². The van der Waals surface area contributed by atoms with Crippen molar-refractivity contribution in [1.29, 1.82) is 0 Å². The van der Waals surface area contributed by atoms with E-state index in [2.05, 4.69) is 31.2 Å². The maximum absolute atomic E-state index is 12.4. The zero-order valence-corrected chi connectivity index (χ0v) is 15.5. The summed E-state index contributed by atoms with van der Waals surface area (Å²) in [5, 5.41) is 2.93. The number of nitrogens with one attached hydrogen (secondary N) is 1. The van der Waals surface area contributed by atoms with Gasteiger partial charge in [0.25, 0.3) is 5.91 Å². The molecule has 1 N–H and O–H groups in total. The highest BCUT2D eigenvalue weighted by Gasteiger charge is 2.11. The summed E-state index contributed by atoms with van der Waals surface area (Å²) in [5.41, 5.74) is 4.14. The summed E-state index contributed by atoms with van der Waals surface area (Å²) < 4.78 is 1.00. The minimum Gasteiger partial charge on any atom is -0.352 e. The van der Waals surface area contributed by atoms with Crippen LogP contribution in [-0.4, -0.2) is 22.4 Å². The van der Waals surface area contributed by atoms with Crippen molar-refractivity contribution in [1.82, 2.24) is 15.3 Å². The van der Waals surface area contributed by atoms with E-state index < -0.39 is 0 Å². The number of aryl methyl sites for hydroxylation is 1. The second kappa shape index (κ2) is 8.03. The molecule has 2 heterocycles. The van der Waals surface area contributed by atoms with Gasteiger partial charge in [-0.15, -0.1) is 0 Å². The molecule has 0 fully saturated rings. The maximum atomic E-state index is 12.4. The average Bonchev–Trinajstić information content (AvgIpc) is 2.62. The van der Waals surface area contributed by atoms with E-state index in [9.17, 15) is 4.79 Å². The van der Waals surface area contributed by atoms with Crippen LogP contribution < -0.4 is 5.32 Å². The average molecular weight is 396 g/mol. The molecule has 1 amide bonds. The van der Waals surface area contributed by atoms with Crippen LogP contribution in [0.3, 0.4) is 0 Å². The van der Waals surface area contributed by atoms with Gasteiger partial charge < -0.3 is 5.32 Å². The maximum Gasteiger partial charge on any atom is 0.253 e. The number of aromatic nitrogens is 2. The Morgan fingerprint density at radius 2 is 2.00 bits per heavy atom. The quantitative estimate of drug-likeness (QED) is 0.704. The van der Waals surface area contributed by atoms with Gasteiger partial charge in [-0.05, 0) is 43.3 Å². The van der Waals surface area contributed by atoms with Crippen LogP contribution >= 0.6 is 15.9 Å². The number of hydrogen-bond donors (Lipinski definition) is 1. The third-order valence-corrected chi connectivity index (χ3v) is 4.34. The monoisotopic (exact) mass is 395 g/mol. The largest absolute Gasteiger partial charge is 0.352 e. The Balaban J connectivity index is 1.67. The number of pyridine rings is 2. The molecule has 5 heteroatoms. The lowest BCUT2D eigenvalue weighted by Crippen LogP contribution is -2.26. The van der Waals surface area contributed by atoms with Gasteiger partial charge in [0.05, 0.1) is 17.0 Å². The summed E-state index contributed by atoms with van der Waals surface area (Å²) in [7, 11) is 0. The summed E-state index contributed by atoms with van der Waals surface area (Å²) in [6.07, 6.45) is 2.46. The van der Waals surface area contributed by atoms with Crippen molar-refractivity contribution >= 4 is 21.8 Å². The molecule has 0 radical (unpaired) electrons. The summed E-state index contributed by atoms with van der Waals surface area (Å²) in [4.78, 5) is 21.2. The lowest BCUT2D eigenvalue weighted by Gasteiger charge is -2.09. The van der Waals surface area contributed by atoms with Crippen molar-refractivity contribution in [2.24, 2.45) is 0 Å². The first-order valence-electron chi connectivity index (χ1n) is 8.05. The van der Waals surface area contributed by atoms with Gasteiger partial charge in [-0.25, -0.2) is 0 Å². The molecule has 3 aromatic rings. The van der Waals surface area contributed by atoms with E-state index in [1.807, 2.05) is 61.5 Å². The number of rotatable bonds is 5. The minimum atomic E-state index is -0.110. The topological polar surface area (TPSA) is 54.9 Å². The molecular weight excluding hydrogens is 378 g/mol. The number of halogens is 1. The highest BCUT2D eigenvalue weighted by molar-refractivity contribution is 9.10. The SMILES string of the molecule is Cc1nc(-c2cccc(Br)c2)ccc1C(=O)NCCc1ccccn1. The van der Waals surface area contributed by atoms with Crippen molar-refractivity contribution in [2.45, 2.75) is 13.3 Å². The van der Waals surface area contributed by atoms with Gasteiger partial charge >= 0.3 is 0 Å². The molecule has 0 aliphatic rings. The second-order valence-corrected chi connectivity index (χ2v) is 6.58. The molecule has 0 saturated carbocycles. The molecule has 126 valence electrons. The molecule has 0 aliphatic carbocycles. The first kappa shape index (κ1) is 17.3. The van der Waals surface area contributed by atoms with Crippen LogP contribution in [0, 0.1) is 6.92 Å². The molecule has 2 aromatic heterocycles. The van der Waals surface area contributed by atoms with Gasteiger partial charge in [0.2, 0.25) is 0 Å². The zero-order chi connectivity index (χ0) is 17.6. The third-order valence-electron chi connectivity index (χ3n) is 3.84. The van der Waals surface area contributed by atoms with Crippen LogP contribution in [0.15, 0.2) is 65.3 Å². The Hall–Kier alpha value is -2.53. The lowest BCUT2D eigenvalue weighted by atomic mass is 10.1. The molecular formula is C20H18BrN3O. The predicted molar refractivity (Wildman–Crippen MR) is 102 cm³/mol. The lowest BCUT2D eigenvalue weighted by molar-refractivity contribution is 0.0953. The van der Waals surface area contributed by atoms with Crippen LogP contribution in [0.2, 0.25) is 0 Å². The minimum absolute atomic E-state index is 0.110. The van der Waals surface area contributed by atoms with Crippen molar-refractivity contribution in [3.05, 3.63) is 82.2 Å². The van der Waals surface area contributed by atoms with Gasteiger partial charge in [0, 0.05) is 34.9 Å². The molecule has 0 bridgehead atoms. The predicted octanol–water partition coefficient (Wildman–Crippen LogP) is 4.19. The van der Waals surface area contributed by atoms with E-state index in [1.54, 1.807) is 6.20 Å². The summed E-state index contributed by atoms with van der Waals surface area (Å²) in [5.74, 6) is -0.110. The van der Waals surface area contributed by atoms with E-state index in [4.69, 9.17) is 0 Å². The fourth-order valence-electron chi connectivity index (χ4n) is 2.55. The fourth-order valence-corrected chi connectivity index (χ4v) is 2.95. The van der Waals surface area contributed by atoms with E-state index in [1.165, 1.54) is 0 Å². The number of nitrogens with zero attached hydrogens (tertiary/aromatic N) is 2. The molecule has 25 heavy (non-hydrogen) atoms. The molecule has 0 spiro atoms. The van der Waals surface area contributed by atoms with Gasteiger partial charge in [0.15, 0.2) is 0 Å². The first-order chi connectivity index (χ1) is 12.1. The fraction of sp³-hybridized carbons (Fsp3) is 0.150. The van der Waals surface area contributed by atoms with E-state index in [-0.39, 0.29) is 5.91 Å². The standard InChI is InChI=1S/C20H18BrN3O/c1-14-18(20(25)23-12-10-17-7-2-3-11-22-17)8-9-19(24-14)15-5-4-6-16(21)13-15/h2-9,11,13H,10,12H2,1H3,(H,23,25). The van der Waals surface area contributed by atoms with Crippen LogP contribution in [0.5, 0.6) is 0 Å². The number of carbonyl (C=O) groups is 1. The Morgan fingerprint density at radius 1 is 1.12 bits per heavy atom. The normalized spacial score (nSPS) is 10.5. The van der Waals surface area contributed by atoms with E-state index in [0.717, 1.165) is 21.4 Å². The number of benzene rings is 1. The van der Waals surface area contributed by atoms with Crippen LogP contribution in [0.1, 0.15) is 21.7 Å². The summed E-state index contributed by atoms with van der Waals surface area (Å²) in [6, 6.07) is 17.4. The second-order valence-electron chi connectivity index (χ2n) is 5.67. The molecule has 0 unspecified atom stereocenters. The van der Waals surface area contributed by atoms with Gasteiger partial charge in [0.1, 0.15) is 0 Å². The molecule has 1 aromatic carbocycles. The van der Waals surface area contributed by atoms with Crippen molar-refractivity contribution in [3.63, 3.8) is 0 Å². The van der Waals surface area contributed by atoms with Crippen molar-refractivity contribution in [2.75, 3.05) is 6.54 Å². The molecule has 0 aliphatic heterocycles. The van der Waals surface area contributed by atoms with E-state index in [0.29, 0.717) is 24.2 Å². The smallest absolute Gasteiger partial charge is 0.253 e. The van der Waals surface area contributed by atoms with Gasteiger partial charge in [-0.2, -0.15) is 0 Å². The summed E-state index contributed by atoms with van der Waals surface area (Å²) >= 11 is 3.47. The Labute approximate surface area is 155 Å². The van der Waals surface area contributed by atoms with Crippen LogP contribution in [0.25, 0.3) is 11.3 Å². The number of hydrogen-bond acceptors (Lipinski definition) is 3. The molecule has 0 atom stereocenters. The Bertz CT molecular complexity index is 881.